The Labute approximate surface area is 219 Å². The third kappa shape index (κ3) is 4.83. The molecule has 0 aliphatic heterocycles. The lowest BCUT2D eigenvalue weighted by Gasteiger charge is -2.17. The molecule has 190 valence electrons. The normalized spacial score (nSPS) is 11.1. The van der Waals surface area contributed by atoms with E-state index in [1.165, 1.54) is 40.8 Å². The van der Waals surface area contributed by atoms with E-state index in [1.807, 2.05) is 0 Å². The van der Waals surface area contributed by atoms with Crippen molar-refractivity contribution in [3.8, 4) is 11.4 Å². The Morgan fingerprint density at radius 2 is 2.03 bits per heavy atom. The van der Waals surface area contributed by atoms with Crippen molar-refractivity contribution in [3.05, 3.63) is 98.0 Å². The van der Waals surface area contributed by atoms with E-state index in [2.05, 4.69) is 10.4 Å². The molecule has 0 aliphatic rings. The van der Waals surface area contributed by atoms with E-state index in [0.29, 0.717) is 15.6 Å². The maximum atomic E-state index is 16.0. The third-order valence-corrected chi connectivity index (χ3v) is 6.84. The molecule has 5 rings (SSSR count). The molecule has 0 saturated carbocycles. The van der Waals surface area contributed by atoms with E-state index < -0.39 is 11.7 Å². The van der Waals surface area contributed by atoms with E-state index in [4.69, 9.17) is 20.4 Å². The van der Waals surface area contributed by atoms with Crippen LogP contribution in [0.1, 0.15) is 21.0 Å². The number of nitrogens with zero attached hydrogens (tertiary/aromatic N) is 4. The Balaban J connectivity index is 1.64. The third-order valence-electron chi connectivity index (χ3n) is 5.61. The van der Waals surface area contributed by atoms with Gasteiger partial charge in [-0.05, 0) is 42.5 Å². The monoisotopic (exact) mass is 541 g/mol. The van der Waals surface area contributed by atoms with Gasteiger partial charge < -0.3 is 23.6 Å². The van der Waals surface area contributed by atoms with Gasteiger partial charge in [0, 0.05) is 24.5 Å². The van der Waals surface area contributed by atoms with Gasteiger partial charge in [0.05, 0.1) is 41.9 Å². The van der Waals surface area contributed by atoms with Gasteiger partial charge >= 0.3 is 5.91 Å². The summed E-state index contributed by atoms with van der Waals surface area (Å²) in [6.07, 6.45) is 4.34. The fourth-order valence-corrected chi connectivity index (χ4v) is 4.85. The molecule has 1 N–H and O–H groups in total. The average Bonchev–Trinajstić information content (AvgIpc) is 3.68. The fourth-order valence-electron chi connectivity index (χ4n) is 3.82. The van der Waals surface area contributed by atoms with Crippen LogP contribution in [0.3, 0.4) is 0 Å². The second-order valence-corrected chi connectivity index (χ2v) is 10.1. The highest BCUT2D eigenvalue weighted by atomic mass is 35.5. The molecule has 0 saturated heterocycles. The minimum Gasteiger partial charge on any atom is -0.472 e. The molecule has 0 radical (unpaired) electrons. The Kier molecular flexibility index (Phi) is 6.72. The molecule has 0 unspecified atom stereocenters. The number of pyridine rings is 1. The Morgan fingerprint density at radius 1 is 1.19 bits per heavy atom. The van der Waals surface area contributed by atoms with Crippen LogP contribution in [0, 0.1) is 5.82 Å². The summed E-state index contributed by atoms with van der Waals surface area (Å²) >= 11 is 7.35. The first-order valence-corrected chi connectivity index (χ1v) is 12.3. The lowest BCUT2D eigenvalue weighted by molar-refractivity contribution is 0.0919. The second kappa shape index (κ2) is 10.1. The number of halogens is 2. The fraction of sp³-hybridized carbons (Fsp3) is 0.160. The van der Waals surface area contributed by atoms with Crippen molar-refractivity contribution >= 4 is 40.4 Å². The van der Waals surface area contributed by atoms with Crippen LogP contribution in [-0.4, -0.2) is 34.4 Å². The van der Waals surface area contributed by atoms with E-state index in [1.54, 1.807) is 55.4 Å². The van der Waals surface area contributed by atoms with Gasteiger partial charge in [0.25, 0.3) is 5.56 Å². The van der Waals surface area contributed by atoms with Crippen molar-refractivity contribution in [2.75, 3.05) is 24.3 Å². The summed E-state index contributed by atoms with van der Waals surface area (Å²) in [5.41, 5.74) is 0.795. The molecule has 5 aromatic rings. The number of hydrogen-bond acceptors (Lipinski definition) is 8. The van der Waals surface area contributed by atoms with Gasteiger partial charge in [-0.25, -0.2) is 4.39 Å². The minimum absolute atomic E-state index is 0.0185. The zero-order chi connectivity index (χ0) is 26.1. The van der Waals surface area contributed by atoms with Gasteiger partial charge in [0.15, 0.2) is 17.4 Å². The van der Waals surface area contributed by atoms with Crippen LogP contribution in [0.15, 0.2) is 74.9 Å². The molecule has 0 spiro atoms. The average molecular weight is 542 g/mol. The number of rotatable bonds is 8. The number of furan rings is 2. The number of nitrogens with one attached hydrogen (secondary N) is 1. The number of anilines is 2. The molecule has 0 fully saturated rings. The Hall–Kier alpha value is -4.09. The summed E-state index contributed by atoms with van der Waals surface area (Å²) in [6, 6.07) is 11.5. The second-order valence-electron chi connectivity index (χ2n) is 8.29. The highest BCUT2D eigenvalue weighted by molar-refractivity contribution is 7.16. The summed E-state index contributed by atoms with van der Waals surface area (Å²) in [5.74, 6) is -1.65. The van der Waals surface area contributed by atoms with Crippen LogP contribution in [0.2, 0.25) is 4.34 Å². The SMILES string of the molecule is CN(C)c1ccc(-c2nn(C(=O)c3ccco3)c(NCc3ccc(Cl)s3)c2F)n(Cc2ccoc2)c1=O. The highest BCUT2D eigenvalue weighted by Gasteiger charge is 2.27. The summed E-state index contributed by atoms with van der Waals surface area (Å²) in [7, 11) is 3.49. The predicted molar refractivity (Wildman–Crippen MR) is 139 cm³/mol. The maximum Gasteiger partial charge on any atom is 0.315 e. The van der Waals surface area contributed by atoms with Gasteiger partial charge in [-0.2, -0.15) is 9.78 Å². The van der Waals surface area contributed by atoms with Crippen molar-refractivity contribution in [2.45, 2.75) is 13.1 Å². The van der Waals surface area contributed by atoms with Gasteiger partial charge in [0.1, 0.15) is 11.4 Å². The smallest absolute Gasteiger partial charge is 0.315 e. The summed E-state index contributed by atoms with van der Waals surface area (Å²) in [4.78, 5) is 29.1. The predicted octanol–water partition coefficient (Wildman–Crippen LogP) is 5.17. The molecular formula is C25H21ClFN5O4S. The first kappa shape index (κ1) is 24.6. The first-order valence-electron chi connectivity index (χ1n) is 11.1. The quantitative estimate of drug-likeness (QED) is 0.289. The Bertz CT molecular complexity index is 1600. The molecule has 0 aliphatic carbocycles. The maximum absolute atomic E-state index is 16.0. The van der Waals surface area contributed by atoms with Crippen LogP contribution >= 0.6 is 22.9 Å². The molecule has 5 heterocycles. The van der Waals surface area contributed by atoms with Crippen molar-refractivity contribution in [1.29, 1.82) is 0 Å². The molecule has 0 aromatic carbocycles. The van der Waals surface area contributed by atoms with Crippen molar-refractivity contribution in [1.82, 2.24) is 14.3 Å². The van der Waals surface area contributed by atoms with Gasteiger partial charge in [-0.3, -0.25) is 9.59 Å². The van der Waals surface area contributed by atoms with Crippen molar-refractivity contribution < 1.29 is 18.0 Å². The van der Waals surface area contributed by atoms with E-state index in [0.717, 1.165) is 9.56 Å². The topological polar surface area (TPSA) is 98.4 Å². The Morgan fingerprint density at radius 3 is 2.68 bits per heavy atom. The van der Waals surface area contributed by atoms with Crippen LogP contribution < -0.4 is 15.8 Å². The van der Waals surface area contributed by atoms with Gasteiger partial charge in [-0.15, -0.1) is 11.3 Å². The largest absolute Gasteiger partial charge is 0.472 e. The molecule has 0 atom stereocenters. The lowest BCUT2D eigenvalue weighted by atomic mass is 10.2. The number of carbonyl (C=O) groups is 1. The molecule has 9 nitrogen and oxygen atoms in total. The van der Waals surface area contributed by atoms with Crippen molar-refractivity contribution in [3.63, 3.8) is 0 Å². The first-order chi connectivity index (χ1) is 17.8. The summed E-state index contributed by atoms with van der Waals surface area (Å²) in [6.45, 7) is 0.313. The van der Waals surface area contributed by atoms with Crippen LogP contribution in [0.5, 0.6) is 0 Å². The van der Waals surface area contributed by atoms with Crippen LogP contribution in [0.4, 0.5) is 15.9 Å². The number of aromatic nitrogens is 3. The van der Waals surface area contributed by atoms with E-state index in [9.17, 15) is 9.59 Å². The summed E-state index contributed by atoms with van der Waals surface area (Å²) < 4.78 is 29.3. The van der Waals surface area contributed by atoms with Crippen LogP contribution in [-0.2, 0) is 13.1 Å². The van der Waals surface area contributed by atoms with Gasteiger partial charge in [0.2, 0.25) is 0 Å². The summed E-state index contributed by atoms with van der Waals surface area (Å²) in [5, 5.41) is 7.27. The standard InChI is InChI=1S/C25H21ClFN5O4S/c1-30(2)18-7-6-17(31(24(18)33)13-15-9-11-35-14-15)22-21(27)23(28-12-16-5-8-20(26)37-16)32(29-22)25(34)19-4-3-10-36-19/h3-11,14,28H,12-13H2,1-2H3. The van der Waals surface area contributed by atoms with Crippen molar-refractivity contribution in [2.24, 2.45) is 0 Å². The number of hydrogen-bond donors (Lipinski definition) is 1. The molecule has 0 bridgehead atoms. The molecule has 0 amide bonds. The number of carbonyl (C=O) groups excluding carboxylic acids is 1. The molecule has 12 heteroatoms. The zero-order valence-corrected chi connectivity index (χ0v) is 21.3. The lowest BCUT2D eigenvalue weighted by Crippen LogP contribution is -2.28. The molecule has 37 heavy (non-hydrogen) atoms. The number of thiophene rings is 1. The van der Waals surface area contributed by atoms with Crippen LogP contribution in [0.25, 0.3) is 11.4 Å². The van der Waals surface area contributed by atoms with Gasteiger partial charge in [-0.1, -0.05) is 11.6 Å². The van der Waals surface area contributed by atoms with E-state index in [-0.39, 0.29) is 41.6 Å². The highest BCUT2D eigenvalue weighted by Crippen LogP contribution is 2.30. The minimum atomic E-state index is -0.791. The zero-order valence-electron chi connectivity index (χ0n) is 19.8. The molecular weight excluding hydrogens is 521 g/mol. The van der Waals surface area contributed by atoms with E-state index >= 15 is 4.39 Å². The molecule has 5 aromatic heterocycles.